The van der Waals surface area contributed by atoms with Crippen LogP contribution in [0.15, 0.2) is 30.3 Å². The van der Waals surface area contributed by atoms with Crippen LogP contribution in [0.2, 0.25) is 0 Å². The van der Waals surface area contributed by atoms with E-state index in [1.807, 2.05) is 6.07 Å². The maximum atomic E-state index is 12.0. The van der Waals surface area contributed by atoms with Crippen molar-refractivity contribution in [3.05, 3.63) is 35.9 Å². The van der Waals surface area contributed by atoms with Gasteiger partial charge in [-0.25, -0.2) is 13.1 Å². The fraction of sp³-hybridized carbons (Fsp3) is 0.562. The van der Waals surface area contributed by atoms with Gasteiger partial charge in [0.1, 0.15) is 6.04 Å². The van der Waals surface area contributed by atoms with Gasteiger partial charge in [0.15, 0.2) is 0 Å². The molecule has 1 aliphatic rings. The van der Waals surface area contributed by atoms with E-state index in [1.54, 1.807) is 24.3 Å². The Bertz CT molecular complexity index is 615. The van der Waals surface area contributed by atoms with Crippen LogP contribution in [0.5, 0.6) is 0 Å². The number of hydrogen-bond acceptors (Lipinski definition) is 5. The van der Waals surface area contributed by atoms with Crippen molar-refractivity contribution < 1.29 is 17.9 Å². The van der Waals surface area contributed by atoms with E-state index in [1.165, 1.54) is 0 Å². The number of nitrogens with two attached hydrogens (primary N) is 1. The molecule has 8 heteroatoms. The molecule has 0 radical (unpaired) electrons. The molecule has 0 aromatic heterocycles. The van der Waals surface area contributed by atoms with Crippen LogP contribution in [-0.4, -0.2) is 45.9 Å². The van der Waals surface area contributed by atoms with Gasteiger partial charge in [-0.1, -0.05) is 30.3 Å². The molecule has 7 nitrogen and oxygen atoms in total. The third-order valence-electron chi connectivity index (χ3n) is 3.92. The van der Waals surface area contributed by atoms with Crippen LogP contribution in [0.3, 0.4) is 0 Å². The van der Waals surface area contributed by atoms with Gasteiger partial charge in [-0.2, -0.15) is 0 Å². The molecule has 1 aromatic carbocycles. The van der Waals surface area contributed by atoms with E-state index in [4.69, 9.17) is 10.5 Å². The number of carbonyl (C=O) groups excluding carboxylic acids is 1. The zero-order chi connectivity index (χ0) is 17.4. The molecule has 2 unspecified atom stereocenters. The summed E-state index contributed by atoms with van der Waals surface area (Å²) in [6, 6.07) is 8.13. The van der Waals surface area contributed by atoms with E-state index < -0.39 is 22.0 Å². The first-order chi connectivity index (χ1) is 11.5. The van der Waals surface area contributed by atoms with Crippen LogP contribution < -0.4 is 15.8 Å². The average Bonchev–Trinajstić information content (AvgIpc) is 2.61. The number of nitrogens with one attached hydrogen (secondary N) is 2. The zero-order valence-corrected chi connectivity index (χ0v) is 14.4. The Morgan fingerprint density at radius 3 is 2.71 bits per heavy atom. The lowest BCUT2D eigenvalue weighted by Gasteiger charge is -2.22. The molecule has 0 saturated carbocycles. The van der Waals surface area contributed by atoms with Crippen molar-refractivity contribution in [1.82, 2.24) is 10.0 Å². The quantitative estimate of drug-likeness (QED) is 0.621. The Morgan fingerprint density at radius 1 is 1.29 bits per heavy atom. The summed E-state index contributed by atoms with van der Waals surface area (Å²) in [6.45, 7) is 0.972. The van der Waals surface area contributed by atoms with Crippen molar-refractivity contribution in [1.29, 1.82) is 0 Å². The van der Waals surface area contributed by atoms with Gasteiger partial charge in [0.25, 0.3) is 0 Å². The van der Waals surface area contributed by atoms with Crippen molar-refractivity contribution in [3.63, 3.8) is 0 Å². The van der Waals surface area contributed by atoms with E-state index in [2.05, 4.69) is 10.0 Å². The summed E-state index contributed by atoms with van der Waals surface area (Å²) in [4.78, 5) is 12.0. The second kappa shape index (κ2) is 9.12. The number of benzene rings is 1. The van der Waals surface area contributed by atoms with E-state index in [-0.39, 0.29) is 24.9 Å². The van der Waals surface area contributed by atoms with Crippen molar-refractivity contribution in [2.75, 3.05) is 25.4 Å². The zero-order valence-electron chi connectivity index (χ0n) is 13.6. The van der Waals surface area contributed by atoms with Crippen LogP contribution >= 0.6 is 0 Å². The minimum atomic E-state index is -3.45. The molecule has 4 N–H and O–H groups in total. The van der Waals surface area contributed by atoms with Gasteiger partial charge in [0.2, 0.25) is 15.9 Å². The van der Waals surface area contributed by atoms with E-state index in [9.17, 15) is 13.2 Å². The van der Waals surface area contributed by atoms with Gasteiger partial charge in [-0.05, 0) is 24.8 Å². The highest BCUT2D eigenvalue weighted by Gasteiger charge is 2.19. The normalized spacial score (nSPS) is 19.6. The summed E-state index contributed by atoms with van der Waals surface area (Å²) in [5.41, 5.74) is 6.54. The van der Waals surface area contributed by atoms with E-state index in [0.29, 0.717) is 12.2 Å². The van der Waals surface area contributed by atoms with Crippen molar-refractivity contribution in [2.45, 2.75) is 31.4 Å². The summed E-state index contributed by atoms with van der Waals surface area (Å²) in [5, 5.41) is 2.56. The number of hydrogen-bond donors (Lipinski definition) is 3. The number of amides is 1. The summed E-state index contributed by atoms with van der Waals surface area (Å²) < 4.78 is 31.9. The van der Waals surface area contributed by atoms with Crippen LogP contribution in [0, 0.1) is 0 Å². The topological polar surface area (TPSA) is 111 Å². The first-order valence-electron chi connectivity index (χ1n) is 8.15. The Hall–Kier alpha value is -1.48. The molecule has 0 spiro atoms. The molecule has 2 atom stereocenters. The highest BCUT2D eigenvalue weighted by Crippen LogP contribution is 2.12. The summed E-state index contributed by atoms with van der Waals surface area (Å²) in [5.74, 6) is -0.584. The van der Waals surface area contributed by atoms with Gasteiger partial charge in [-0.3, -0.25) is 4.79 Å². The predicted octanol–water partition coefficient (Wildman–Crippen LogP) is 0.291. The maximum absolute atomic E-state index is 12.0. The van der Waals surface area contributed by atoms with Crippen molar-refractivity contribution in [3.8, 4) is 0 Å². The maximum Gasteiger partial charge on any atom is 0.241 e. The molecule has 0 bridgehead atoms. The molecule has 1 saturated heterocycles. The molecule has 1 aromatic rings. The van der Waals surface area contributed by atoms with Crippen molar-refractivity contribution >= 4 is 15.9 Å². The molecule has 24 heavy (non-hydrogen) atoms. The molecule has 2 rings (SSSR count). The molecule has 1 aliphatic heterocycles. The van der Waals surface area contributed by atoms with Crippen LogP contribution in [0.25, 0.3) is 0 Å². The van der Waals surface area contributed by atoms with Crippen LogP contribution in [-0.2, 0) is 19.6 Å². The standard InChI is InChI=1S/C16H25N3O4S/c17-15(13-6-2-1-3-7-13)16(20)18-9-11-24(21,22)19-12-14-8-4-5-10-23-14/h1-3,6-7,14-15,19H,4-5,8-12,17H2,(H,18,20). The smallest absolute Gasteiger partial charge is 0.241 e. The number of rotatable bonds is 8. The molecule has 1 fully saturated rings. The Balaban J connectivity index is 1.70. The fourth-order valence-corrected chi connectivity index (χ4v) is 3.45. The summed E-state index contributed by atoms with van der Waals surface area (Å²) in [7, 11) is -3.45. The average molecular weight is 355 g/mol. The summed E-state index contributed by atoms with van der Waals surface area (Å²) in [6.07, 6.45) is 2.89. The lowest BCUT2D eigenvalue weighted by Crippen LogP contribution is -2.41. The van der Waals surface area contributed by atoms with Crippen LogP contribution in [0.4, 0.5) is 0 Å². The second-order valence-electron chi connectivity index (χ2n) is 5.84. The minimum absolute atomic E-state index is 0.0141. The number of carbonyl (C=O) groups is 1. The highest BCUT2D eigenvalue weighted by atomic mass is 32.2. The lowest BCUT2D eigenvalue weighted by molar-refractivity contribution is -0.122. The lowest BCUT2D eigenvalue weighted by atomic mass is 10.1. The first kappa shape index (κ1) is 18.9. The number of sulfonamides is 1. The van der Waals surface area contributed by atoms with Gasteiger partial charge in [0, 0.05) is 19.7 Å². The SMILES string of the molecule is NC(C(=O)NCCS(=O)(=O)NCC1CCCCO1)c1ccccc1. The van der Waals surface area contributed by atoms with E-state index >= 15 is 0 Å². The molecular formula is C16H25N3O4S. The Morgan fingerprint density at radius 2 is 2.04 bits per heavy atom. The molecular weight excluding hydrogens is 330 g/mol. The molecule has 0 aliphatic carbocycles. The van der Waals surface area contributed by atoms with Gasteiger partial charge in [0.05, 0.1) is 11.9 Å². The minimum Gasteiger partial charge on any atom is -0.377 e. The van der Waals surface area contributed by atoms with E-state index in [0.717, 1.165) is 19.3 Å². The molecule has 1 amide bonds. The van der Waals surface area contributed by atoms with Gasteiger partial charge in [-0.15, -0.1) is 0 Å². The van der Waals surface area contributed by atoms with Crippen molar-refractivity contribution in [2.24, 2.45) is 5.73 Å². The van der Waals surface area contributed by atoms with Gasteiger partial charge >= 0.3 is 0 Å². The Labute approximate surface area is 143 Å². The molecule has 134 valence electrons. The van der Waals surface area contributed by atoms with Crippen LogP contribution in [0.1, 0.15) is 30.9 Å². The summed E-state index contributed by atoms with van der Waals surface area (Å²) >= 11 is 0. The monoisotopic (exact) mass is 355 g/mol. The third-order valence-corrected chi connectivity index (χ3v) is 5.26. The highest BCUT2D eigenvalue weighted by molar-refractivity contribution is 7.89. The second-order valence-corrected chi connectivity index (χ2v) is 7.76. The predicted molar refractivity (Wildman–Crippen MR) is 91.8 cm³/mol. The molecule has 1 heterocycles. The fourth-order valence-electron chi connectivity index (χ4n) is 2.49. The first-order valence-corrected chi connectivity index (χ1v) is 9.80. The Kier molecular flexibility index (Phi) is 7.16. The number of ether oxygens (including phenoxy) is 1. The third kappa shape index (κ3) is 6.20. The van der Waals surface area contributed by atoms with Gasteiger partial charge < -0.3 is 15.8 Å². The largest absolute Gasteiger partial charge is 0.377 e.